The van der Waals surface area contributed by atoms with Crippen LogP contribution < -0.4 is 4.90 Å². The van der Waals surface area contributed by atoms with E-state index in [2.05, 4.69) is 41.8 Å². The fraction of sp³-hybridized carbons (Fsp3) is 0.625. The van der Waals surface area contributed by atoms with Crippen LogP contribution in [-0.2, 0) is 0 Å². The van der Waals surface area contributed by atoms with Crippen LogP contribution in [0.5, 0.6) is 0 Å². The number of thiophene rings is 1. The molecular formula is C16H22ClN3S. The van der Waals surface area contributed by atoms with Crippen molar-refractivity contribution in [3.05, 3.63) is 16.2 Å². The molecule has 21 heavy (non-hydrogen) atoms. The van der Waals surface area contributed by atoms with E-state index in [0.29, 0.717) is 11.3 Å². The molecule has 0 radical (unpaired) electrons. The van der Waals surface area contributed by atoms with Crippen LogP contribution in [0.2, 0.25) is 5.28 Å². The van der Waals surface area contributed by atoms with Gasteiger partial charge in [0.25, 0.3) is 0 Å². The van der Waals surface area contributed by atoms with Crippen LogP contribution >= 0.6 is 22.9 Å². The normalized spacial score (nSPS) is 22.7. The fourth-order valence-electron chi connectivity index (χ4n) is 3.38. The number of anilines is 1. The van der Waals surface area contributed by atoms with E-state index in [4.69, 9.17) is 11.6 Å². The van der Waals surface area contributed by atoms with Crippen LogP contribution in [0.15, 0.2) is 6.07 Å². The molecule has 1 fully saturated rings. The first kappa shape index (κ1) is 15.0. The highest BCUT2D eigenvalue weighted by atomic mass is 35.5. The van der Waals surface area contributed by atoms with Crippen LogP contribution in [0.3, 0.4) is 0 Å². The number of nitrogens with zero attached hydrogens (tertiary/aromatic N) is 3. The molecule has 5 heteroatoms. The number of hydrogen-bond donors (Lipinski definition) is 0. The van der Waals surface area contributed by atoms with Gasteiger partial charge in [0, 0.05) is 18.0 Å². The lowest BCUT2D eigenvalue weighted by Gasteiger charge is -2.35. The van der Waals surface area contributed by atoms with Gasteiger partial charge in [-0.2, -0.15) is 4.98 Å². The van der Waals surface area contributed by atoms with Crippen molar-refractivity contribution in [2.24, 2.45) is 5.92 Å². The van der Waals surface area contributed by atoms with Gasteiger partial charge < -0.3 is 4.90 Å². The summed E-state index contributed by atoms with van der Waals surface area (Å²) in [5, 5.41) is 1.50. The van der Waals surface area contributed by atoms with Gasteiger partial charge in [-0.05, 0) is 56.2 Å². The number of hydrogen-bond acceptors (Lipinski definition) is 4. The molecule has 114 valence electrons. The van der Waals surface area contributed by atoms with Crippen molar-refractivity contribution in [2.45, 2.75) is 52.0 Å². The summed E-state index contributed by atoms with van der Waals surface area (Å²) in [5.41, 5.74) is 0. The third kappa shape index (κ3) is 3.02. The van der Waals surface area contributed by atoms with Gasteiger partial charge in [0.15, 0.2) is 0 Å². The molecule has 0 unspecified atom stereocenters. The van der Waals surface area contributed by atoms with Gasteiger partial charge in [-0.1, -0.05) is 13.3 Å². The molecule has 0 saturated heterocycles. The van der Waals surface area contributed by atoms with Gasteiger partial charge in [-0.25, -0.2) is 4.98 Å². The van der Waals surface area contributed by atoms with Crippen LogP contribution in [-0.4, -0.2) is 23.1 Å². The summed E-state index contributed by atoms with van der Waals surface area (Å²) in [5.74, 6) is 1.90. The van der Waals surface area contributed by atoms with E-state index in [1.54, 1.807) is 11.3 Å². The first-order valence-electron chi connectivity index (χ1n) is 7.75. The van der Waals surface area contributed by atoms with Gasteiger partial charge in [0.05, 0.1) is 5.39 Å². The summed E-state index contributed by atoms with van der Waals surface area (Å²) in [7, 11) is 2.15. The second-order valence-electron chi connectivity index (χ2n) is 6.09. The number of aromatic nitrogens is 2. The van der Waals surface area contributed by atoms with E-state index in [9.17, 15) is 0 Å². The first-order chi connectivity index (χ1) is 10.1. The Balaban J connectivity index is 1.89. The van der Waals surface area contributed by atoms with Crippen LogP contribution in [0.1, 0.15) is 43.9 Å². The lowest BCUT2D eigenvalue weighted by molar-refractivity contribution is 0.313. The van der Waals surface area contributed by atoms with Crippen molar-refractivity contribution in [2.75, 3.05) is 11.9 Å². The standard InChI is InChI=1S/C16H22ClN3S/c1-4-11-5-7-12(8-6-11)20(3)14-13-9-10(2)21-15(13)19-16(17)18-14/h9,11-12H,4-8H2,1-3H3. The highest BCUT2D eigenvalue weighted by Crippen LogP contribution is 2.35. The molecule has 1 saturated carbocycles. The summed E-state index contributed by atoms with van der Waals surface area (Å²) in [6, 6.07) is 2.75. The SMILES string of the molecule is CCC1CCC(N(C)c2nc(Cl)nc3sc(C)cc23)CC1. The Kier molecular flexibility index (Phi) is 4.36. The van der Waals surface area contributed by atoms with Crippen molar-refractivity contribution in [3.8, 4) is 0 Å². The Labute approximate surface area is 135 Å². The van der Waals surface area contributed by atoms with Gasteiger partial charge in [0.2, 0.25) is 5.28 Å². The van der Waals surface area contributed by atoms with Gasteiger partial charge in [0.1, 0.15) is 10.6 Å². The Morgan fingerprint density at radius 3 is 2.67 bits per heavy atom. The lowest BCUT2D eigenvalue weighted by atomic mass is 9.84. The van der Waals surface area contributed by atoms with E-state index in [1.807, 2.05) is 0 Å². The van der Waals surface area contributed by atoms with Crippen molar-refractivity contribution in [3.63, 3.8) is 0 Å². The number of aryl methyl sites for hydroxylation is 1. The monoisotopic (exact) mass is 323 g/mol. The van der Waals surface area contributed by atoms with Crippen molar-refractivity contribution in [1.29, 1.82) is 0 Å². The lowest BCUT2D eigenvalue weighted by Crippen LogP contribution is -2.35. The Bertz CT molecular complexity index is 632. The second kappa shape index (κ2) is 6.09. The second-order valence-corrected chi connectivity index (χ2v) is 7.66. The van der Waals surface area contributed by atoms with Crippen molar-refractivity contribution >= 4 is 39.0 Å². The third-order valence-electron chi connectivity index (χ3n) is 4.74. The first-order valence-corrected chi connectivity index (χ1v) is 8.94. The highest BCUT2D eigenvalue weighted by molar-refractivity contribution is 7.18. The molecule has 0 bridgehead atoms. The van der Waals surface area contributed by atoms with E-state index in [0.717, 1.165) is 22.0 Å². The minimum atomic E-state index is 0.355. The molecule has 2 aromatic heterocycles. The summed E-state index contributed by atoms with van der Waals surface area (Å²) in [4.78, 5) is 13.5. The summed E-state index contributed by atoms with van der Waals surface area (Å²) in [6.07, 6.45) is 6.47. The molecule has 0 atom stereocenters. The van der Waals surface area contributed by atoms with Crippen LogP contribution in [0, 0.1) is 12.8 Å². The molecular weight excluding hydrogens is 302 g/mol. The van der Waals surface area contributed by atoms with Gasteiger partial charge in [-0.3, -0.25) is 0 Å². The molecule has 0 amide bonds. The van der Waals surface area contributed by atoms with E-state index in [-0.39, 0.29) is 0 Å². The van der Waals surface area contributed by atoms with Crippen LogP contribution in [0.4, 0.5) is 5.82 Å². The largest absolute Gasteiger partial charge is 0.356 e. The molecule has 2 heterocycles. The zero-order valence-corrected chi connectivity index (χ0v) is 14.5. The molecule has 0 aromatic carbocycles. The number of halogens is 1. The smallest absolute Gasteiger partial charge is 0.225 e. The van der Waals surface area contributed by atoms with Crippen molar-refractivity contribution in [1.82, 2.24) is 9.97 Å². The van der Waals surface area contributed by atoms with Gasteiger partial charge >= 0.3 is 0 Å². The predicted molar refractivity (Wildman–Crippen MR) is 91.6 cm³/mol. The molecule has 0 aliphatic heterocycles. The fourth-order valence-corrected chi connectivity index (χ4v) is 4.47. The summed E-state index contributed by atoms with van der Waals surface area (Å²) < 4.78 is 0. The predicted octanol–water partition coefficient (Wildman–Crippen LogP) is 5.06. The Hall–Kier alpha value is -0.870. The quantitative estimate of drug-likeness (QED) is 0.739. The van der Waals surface area contributed by atoms with E-state index in [1.165, 1.54) is 37.0 Å². The average molecular weight is 324 g/mol. The van der Waals surface area contributed by atoms with E-state index >= 15 is 0 Å². The average Bonchev–Trinajstić information content (AvgIpc) is 2.85. The van der Waals surface area contributed by atoms with Crippen LogP contribution in [0.25, 0.3) is 10.2 Å². The number of rotatable bonds is 3. The maximum Gasteiger partial charge on any atom is 0.225 e. The summed E-state index contributed by atoms with van der Waals surface area (Å²) >= 11 is 7.81. The molecule has 3 nitrogen and oxygen atoms in total. The van der Waals surface area contributed by atoms with Gasteiger partial charge in [-0.15, -0.1) is 11.3 Å². The zero-order chi connectivity index (χ0) is 15.0. The zero-order valence-electron chi connectivity index (χ0n) is 12.9. The highest BCUT2D eigenvalue weighted by Gasteiger charge is 2.25. The molecule has 0 N–H and O–H groups in total. The third-order valence-corrected chi connectivity index (χ3v) is 5.86. The molecule has 1 aliphatic carbocycles. The minimum absolute atomic E-state index is 0.355. The van der Waals surface area contributed by atoms with Crippen molar-refractivity contribution < 1.29 is 0 Å². The summed E-state index contributed by atoms with van der Waals surface area (Å²) in [6.45, 7) is 4.41. The number of fused-ring (bicyclic) bond motifs is 1. The minimum Gasteiger partial charge on any atom is -0.356 e. The molecule has 2 aromatic rings. The van der Waals surface area contributed by atoms with E-state index < -0.39 is 0 Å². The molecule has 3 rings (SSSR count). The maximum absolute atomic E-state index is 6.12. The molecule has 1 aliphatic rings. The maximum atomic E-state index is 6.12. The topological polar surface area (TPSA) is 29.0 Å². The Morgan fingerprint density at radius 1 is 1.29 bits per heavy atom. The Morgan fingerprint density at radius 2 is 2.00 bits per heavy atom. The molecule has 0 spiro atoms.